The summed E-state index contributed by atoms with van der Waals surface area (Å²) in [6.45, 7) is 7.62. The number of rotatable bonds is 6. The van der Waals surface area contributed by atoms with E-state index in [1.807, 2.05) is 23.7 Å². The minimum Gasteiger partial charge on any atom is -0.455 e. The molecule has 1 saturated heterocycles. The van der Waals surface area contributed by atoms with Crippen molar-refractivity contribution in [1.29, 1.82) is 0 Å². The Balaban J connectivity index is 1.24. The largest absolute Gasteiger partial charge is 0.455 e. The topological polar surface area (TPSA) is 114 Å². The number of fused-ring (bicyclic) bond motifs is 2. The van der Waals surface area contributed by atoms with E-state index >= 15 is 4.39 Å². The second kappa shape index (κ2) is 10.2. The quantitative estimate of drug-likeness (QED) is 0.318. The van der Waals surface area contributed by atoms with Crippen LogP contribution in [0.3, 0.4) is 0 Å². The van der Waals surface area contributed by atoms with Gasteiger partial charge in [-0.05, 0) is 37.3 Å². The number of hydrogen-bond acceptors (Lipinski definition) is 9. The van der Waals surface area contributed by atoms with Crippen molar-refractivity contribution in [1.82, 2.24) is 34.4 Å². The number of aryl methyl sites for hydroxylation is 1. The number of pyridine rings is 2. The molecule has 40 heavy (non-hydrogen) atoms. The molecule has 0 spiro atoms. The first kappa shape index (κ1) is 25.2. The number of imidazole rings is 1. The van der Waals surface area contributed by atoms with E-state index in [-0.39, 0.29) is 11.6 Å². The van der Waals surface area contributed by atoms with Crippen molar-refractivity contribution in [2.75, 3.05) is 36.4 Å². The molecule has 6 rings (SSSR count). The lowest BCUT2D eigenvalue weighted by atomic mass is 10.1. The Morgan fingerprint density at radius 3 is 2.70 bits per heavy atom. The normalized spacial score (nSPS) is 13.6. The van der Waals surface area contributed by atoms with Crippen molar-refractivity contribution in [2.45, 2.75) is 6.92 Å². The Labute approximate surface area is 229 Å². The number of nitrogens with zero attached hydrogens (tertiary/aromatic N) is 8. The van der Waals surface area contributed by atoms with Crippen LogP contribution in [0.4, 0.5) is 21.7 Å². The molecule has 1 fully saturated rings. The average molecular weight is 540 g/mol. The number of piperazine rings is 1. The van der Waals surface area contributed by atoms with Crippen LogP contribution in [0.25, 0.3) is 22.2 Å². The standard InChI is InChI=1S/C28H26FN9O2/c1-4-24(39)38-11-9-37(10-12-38)23-8-6-20-26(35-23)27(32-15-31-20)34-19-5-7-22(17(2)25(19)29)40-18-13-21-28(30-14-18)36(3)16-33-21/h4-8,13-16H,1,9-12H2,2-3H3,(H,31,32,34). The smallest absolute Gasteiger partial charge is 0.246 e. The van der Waals surface area contributed by atoms with Gasteiger partial charge >= 0.3 is 0 Å². The third-order valence-corrected chi connectivity index (χ3v) is 6.90. The molecule has 1 aliphatic heterocycles. The van der Waals surface area contributed by atoms with Crippen LogP contribution in [0.2, 0.25) is 0 Å². The summed E-state index contributed by atoms with van der Waals surface area (Å²) in [4.78, 5) is 37.9. The summed E-state index contributed by atoms with van der Waals surface area (Å²) < 4.78 is 23.3. The van der Waals surface area contributed by atoms with Gasteiger partial charge in [0, 0.05) is 44.9 Å². The molecule has 0 aliphatic carbocycles. The number of carbonyl (C=O) groups is 1. The molecule has 0 bridgehead atoms. The van der Waals surface area contributed by atoms with E-state index < -0.39 is 5.82 Å². The van der Waals surface area contributed by atoms with Crippen LogP contribution in [0.5, 0.6) is 11.5 Å². The van der Waals surface area contributed by atoms with Crippen molar-refractivity contribution in [2.24, 2.45) is 7.05 Å². The first-order valence-electron chi connectivity index (χ1n) is 12.7. The third kappa shape index (κ3) is 4.64. The predicted molar refractivity (Wildman–Crippen MR) is 149 cm³/mol. The molecular weight excluding hydrogens is 513 g/mol. The Hall–Kier alpha value is -5.13. The zero-order valence-corrected chi connectivity index (χ0v) is 22.0. The van der Waals surface area contributed by atoms with Gasteiger partial charge in [-0.3, -0.25) is 4.79 Å². The molecule has 202 valence electrons. The van der Waals surface area contributed by atoms with Gasteiger partial charge in [-0.25, -0.2) is 29.3 Å². The van der Waals surface area contributed by atoms with E-state index in [2.05, 4.69) is 36.7 Å². The lowest BCUT2D eigenvalue weighted by Crippen LogP contribution is -2.48. The molecule has 4 aromatic heterocycles. The Kier molecular flexibility index (Phi) is 6.42. The van der Waals surface area contributed by atoms with Gasteiger partial charge in [0.05, 0.1) is 23.7 Å². The number of aromatic nitrogens is 6. The number of benzene rings is 1. The van der Waals surface area contributed by atoms with Gasteiger partial charge in [-0.1, -0.05) is 6.58 Å². The third-order valence-electron chi connectivity index (χ3n) is 6.90. The second-order valence-corrected chi connectivity index (χ2v) is 9.42. The average Bonchev–Trinajstić information content (AvgIpc) is 3.36. The summed E-state index contributed by atoms with van der Waals surface area (Å²) in [6.07, 6.45) is 6.00. The van der Waals surface area contributed by atoms with E-state index in [0.717, 1.165) is 11.5 Å². The summed E-state index contributed by atoms with van der Waals surface area (Å²) in [7, 11) is 1.86. The van der Waals surface area contributed by atoms with Crippen molar-refractivity contribution in [3.05, 3.63) is 73.2 Å². The van der Waals surface area contributed by atoms with Gasteiger partial charge in [0.25, 0.3) is 0 Å². The Morgan fingerprint density at radius 2 is 1.90 bits per heavy atom. The highest BCUT2D eigenvalue weighted by atomic mass is 19.1. The minimum absolute atomic E-state index is 0.0781. The van der Waals surface area contributed by atoms with Crippen LogP contribution in [0.1, 0.15) is 5.56 Å². The fraction of sp³-hybridized carbons (Fsp3) is 0.214. The maximum absolute atomic E-state index is 15.5. The van der Waals surface area contributed by atoms with Crippen LogP contribution in [0.15, 0.2) is 61.8 Å². The highest BCUT2D eigenvalue weighted by Gasteiger charge is 2.21. The zero-order chi connectivity index (χ0) is 27.8. The van der Waals surface area contributed by atoms with Crippen molar-refractivity contribution in [3.63, 3.8) is 0 Å². The first-order chi connectivity index (χ1) is 19.4. The molecule has 0 radical (unpaired) electrons. The number of nitrogens with one attached hydrogen (secondary N) is 1. The predicted octanol–water partition coefficient (Wildman–Crippen LogP) is 4.12. The minimum atomic E-state index is -0.477. The van der Waals surface area contributed by atoms with Crippen molar-refractivity contribution in [3.8, 4) is 11.5 Å². The van der Waals surface area contributed by atoms with Gasteiger partial charge in [0.2, 0.25) is 5.91 Å². The Bertz CT molecular complexity index is 1760. The molecule has 12 heteroatoms. The van der Waals surface area contributed by atoms with E-state index in [1.54, 1.807) is 42.5 Å². The number of anilines is 3. The molecular formula is C28H26FN9O2. The van der Waals surface area contributed by atoms with Crippen LogP contribution in [0, 0.1) is 12.7 Å². The summed E-state index contributed by atoms with van der Waals surface area (Å²) in [6, 6.07) is 8.79. The van der Waals surface area contributed by atoms with Gasteiger partial charge < -0.3 is 24.4 Å². The molecule has 0 saturated carbocycles. The van der Waals surface area contributed by atoms with E-state index in [0.29, 0.717) is 65.6 Å². The molecule has 11 nitrogen and oxygen atoms in total. The maximum Gasteiger partial charge on any atom is 0.246 e. The summed E-state index contributed by atoms with van der Waals surface area (Å²) in [5.74, 6) is 1.38. The zero-order valence-electron chi connectivity index (χ0n) is 22.0. The summed E-state index contributed by atoms with van der Waals surface area (Å²) in [5, 5.41) is 3.08. The van der Waals surface area contributed by atoms with E-state index in [1.165, 1.54) is 12.4 Å². The number of carbonyl (C=O) groups excluding carboxylic acids is 1. The summed E-state index contributed by atoms with van der Waals surface area (Å²) in [5.41, 5.74) is 3.10. The van der Waals surface area contributed by atoms with Crippen molar-refractivity contribution < 1.29 is 13.9 Å². The van der Waals surface area contributed by atoms with Crippen LogP contribution in [-0.2, 0) is 11.8 Å². The first-order valence-corrected chi connectivity index (χ1v) is 12.7. The van der Waals surface area contributed by atoms with E-state index in [4.69, 9.17) is 9.72 Å². The molecule has 5 aromatic rings. The van der Waals surface area contributed by atoms with Crippen LogP contribution >= 0.6 is 0 Å². The van der Waals surface area contributed by atoms with Crippen LogP contribution < -0.4 is 15.0 Å². The molecule has 1 amide bonds. The highest BCUT2D eigenvalue weighted by molar-refractivity contribution is 5.89. The highest BCUT2D eigenvalue weighted by Crippen LogP contribution is 2.33. The Morgan fingerprint density at radius 1 is 1.07 bits per heavy atom. The number of hydrogen-bond donors (Lipinski definition) is 1. The fourth-order valence-corrected chi connectivity index (χ4v) is 4.67. The van der Waals surface area contributed by atoms with E-state index in [9.17, 15) is 4.79 Å². The maximum atomic E-state index is 15.5. The molecule has 0 unspecified atom stereocenters. The molecule has 1 aromatic carbocycles. The lowest BCUT2D eigenvalue weighted by molar-refractivity contribution is -0.126. The number of halogens is 1. The molecule has 0 atom stereocenters. The lowest BCUT2D eigenvalue weighted by Gasteiger charge is -2.35. The van der Waals surface area contributed by atoms with Gasteiger partial charge in [0.15, 0.2) is 17.3 Å². The van der Waals surface area contributed by atoms with Gasteiger partial charge in [-0.2, -0.15) is 0 Å². The number of ether oxygens (including phenoxy) is 1. The summed E-state index contributed by atoms with van der Waals surface area (Å²) >= 11 is 0. The number of amides is 1. The second-order valence-electron chi connectivity index (χ2n) is 9.42. The fourth-order valence-electron chi connectivity index (χ4n) is 4.67. The van der Waals surface area contributed by atoms with Crippen molar-refractivity contribution >= 4 is 45.4 Å². The van der Waals surface area contributed by atoms with Gasteiger partial charge in [0.1, 0.15) is 34.7 Å². The molecule has 1 N–H and O–H groups in total. The monoisotopic (exact) mass is 539 g/mol. The SMILES string of the molecule is C=CC(=O)N1CCN(c2ccc3ncnc(Nc4ccc(Oc5cnc6c(c5)ncn6C)c(C)c4F)c3n2)CC1. The van der Waals surface area contributed by atoms with Gasteiger partial charge in [-0.15, -0.1) is 0 Å². The van der Waals surface area contributed by atoms with Crippen LogP contribution in [-0.4, -0.2) is 66.5 Å². The molecule has 5 heterocycles. The molecule has 1 aliphatic rings.